The summed E-state index contributed by atoms with van der Waals surface area (Å²) < 4.78 is 8.08. The molecule has 0 aliphatic heterocycles. The Balaban J connectivity index is 1.67. The number of thioether (sulfide) groups is 1. The van der Waals surface area contributed by atoms with E-state index in [1.165, 1.54) is 0 Å². The van der Waals surface area contributed by atoms with E-state index in [1.54, 1.807) is 60.1 Å². The minimum Gasteiger partial charge on any atom is -0.468 e. The quantitative estimate of drug-likeness (QED) is 0.187. The lowest BCUT2D eigenvalue weighted by Gasteiger charge is -2.16. The van der Waals surface area contributed by atoms with Gasteiger partial charge >= 0.3 is 11.7 Å². The van der Waals surface area contributed by atoms with E-state index in [2.05, 4.69) is 14.9 Å². The number of aromatic nitrogens is 5. The molecule has 4 aromatic rings. The van der Waals surface area contributed by atoms with Crippen LogP contribution in [0.25, 0.3) is 11.4 Å². The van der Waals surface area contributed by atoms with Crippen LogP contribution >= 0.6 is 23.4 Å². The third kappa shape index (κ3) is 5.55. The molecule has 0 saturated carbocycles. The molecule has 196 valence electrons. The molecular formula is C25H23ClN6O5S. The molecule has 13 heteroatoms. The Labute approximate surface area is 225 Å². The molecule has 2 aromatic heterocycles. The van der Waals surface area contributed by atoms with Crippen molar-refractivity contribution >= 4 is 40.9 Å². The predicted octanol–water partition coefficient (Wildman–Crippen LogP) is 2.24. The van der Waals surface area contributed by atoms with Gasteiger partial charge in [0.1, 0.15) is 17.9 Å². The fraction of sp³-hybridized carbons (Fsp3) is 0.200. The first-order valence-electron chi connectivity index (χ1n) is 11.3. The second kappa shape index (κ2) is 11.5. The first-order valence-corrected chi connectivity index (χ1v) is 12.6. The van der Waals surface area contributed by atoms with E-state index in [9.17, 15) is 19.2 Å². The molecule has 0 unspecified atom stereocenters. The smallest absolute Gasteiger partial charge is 0.333 e. The lowest BCUT2D eigenvalue weighted by molar-refractivity contribution is -0.141. The molecule has 0 aliphatic carbocycles. The Morgan fingerprint density at radius 2 is 1.71 bits per heavy atom. The first kappa shape index (κ1) is 26.9. The maximum atomic E-state index is 13.3. The van der Waals surface area contributed by atoms with Crippen molar-refractivity contribution in [2.75, 3.05) is 18.6 Å². The number of nitrogens with zero attached hydrogens (tertiary/aromatic N) is 5. The molecule has 0 spiro atoms. The SMILES string of the molecule is COC(=O)Cn1c(=O)c(C(=O)CSc2nnc(-c3ccc(Cl)cc3)n2C)c(N)n(Cc2ccccc2)c1=O. The van der Waals surface area contributed by atoms with Gasteiger partial charge in [0.25, 0.3) is 5.56 Å². The molecule has 38 heavy (non-hydrogen) atoms. The van der Waals surface area contributed by atoms with Crippen LogP contribution in [-0.4, -0.2) is 48.5 Å². The van der Waals surface area contributed by atoms with Gasteiger partial charge in [-0.05, 0) is 29.8 Å². The molecule has 2 aromatic carbocycles. The van der Waals surface area contributed by atoms with E-state index in [0.29, 0.717) is 26.1 Å². The van der Waals surface area contributed by atoms with E-state index in [1.807, 2.05) is 6.07 Å². The molecule has 4 rings (SSSR count). The minimum absolute atomic E-state index is 0.00583. The van der Waals surface area contributed by atoms with Gasteiger partial charge in [0.15, 0.2) is 16.8 Å². The average molecular weight is 555 g/mol. The van der Waals surface area contributed by atoms with Crippen molar-refractivity contribution in [3.63, 3.8) is 0 Å². The van der Waals surface area contributed by atoms with Crippen molar-refractivity contribution in [3.05, 3.63) is 91.6 Å². The van der Waals surface area contributed by atoms with Gasteiger partial charge < -0.3 is 15.0 Å². The number of rotatable bonds is 9. The van der Waals surface area contributed by atoms with Crippen LogP contribution in [0.5, 0.6) is 0 Å². The molecule has 0 atom stereocenters. The zero-order valence-corrected chi connectivity index (χ0v) is 22.0. The highest BCUT2D eigenvalue weighted by Gasteiger charge is 2.25. The van der Waals surface area contributed by atoms with Crippen LogP contribution in [0.2, 0.25) is 5.02 Å². The zero-order chi connectivity index (χ0) is 27.4. The molecule has 0 bridgehead atoms. The number of nitrogen functional groups attached to an aromatic ring is 1. The summed E-state index contributed by atoms with van der Waals surface area (Å²) in [6.45, 7) is -0.668. The van der Waals surface area contributed by atoms with Crippen LogP contribution in [0.4, 0.5) is 5.82 Å². The molecule has 2 N–H and O–H groups in total. The summed E-state index contributed by atoms with van der Waals surface area (Å²) in [7, 11) is 2.88. The number of hydrogen-bond acceptors (Lipinski definition) is 9. The lowest BCUT2D eigenvalue weighted by Crippen LogP contribution is -2.45. The van der Waals surface area contributed by atoms with Crippen LogP contribution in [0.15, 0.2) is 69.3 Å². The maximum absolute atomic E-state index is 13.3. The minimum atomic E-state index is -0.965. The van der Waals surface area contributed by atoms with Crippen molar-refractivity contribution in [2.24, 2.45) is 7.05 Å². The summed E-state index contributed by atoms with van der Waals surface area (Å²) in [6.07, 6.45) is 0. The molecule has 0 aliphatic rings. The predicted molar refractivity (Wildman–Crippen MR) is 143 cm³/mol. The third-order valence-electron chi connectivity index (χ3n) is 5.71. The van der Waals surface area contributed by atoms with Gasteiger partial charge in [-0.2, -0.15) is 0 Å². The number of anilines is 1. The molecule has 0 radical (unpaired) electrons. The number of nitrogens with two attached hydrogens (primary N) is 1. The Morgan fingerprint density at radius 3 is 2.37 bits per heavy atom. The summed E-state index contributed by atoms with van der Waals surface area (Å²) in [5.74, 6) is -1.38. The topological polar surface area (TPSA) is 144 Å². The summed E-state index contributed by atoms with van der Waals surface area (Å²) in [4.78, 5) is 51.5. The third-order valence-corrected chi connectivity index (χ3v) is 6.99. The summed E-state index contributed by atoms with van der Waals surface area (Å²) in [6, 6.07) is 16.0. The van der Waals surface area contributed by atoms with Crippen molar-refractivity contribution in [3.8, 4) is 11.4 Å². The van der Waals surface area contributed by atoms with Crippen molar-refractivity contribution < 1.29 is 14.3 Å². The van der Waals surface area contributed by atoms with Crippen LogP contribution in [0.3, 0.4) is 0 Å². The van der Waals surface area contributed by atoms with Gasteiger partial charge in [-0.3, -0.25) is 19.0 Å². The number of hydrogen-bond donors (Lipinski definition) is 1. The van der Waals surface area contributed by atoms with Gasteiger partial charge in [0, 0.05) is 17.6 Å². The number of ether oxygens (including phenoxy) is 1. The second-order valence-electron chi connectivity index (χ2n) is 8.17. The van der Waals surface area contributed by atoms with Gasteiger partial charge in [-0.1, -0.05) is 53.7 Å². The van der Waals surface area contributed by atoms with Gasteiger partial charge in [-0.25, -0.2) is 9.36 Å². The molecule has 2 heterocycles. The Morgan fingerprint density at radius 1 is 1.03 bits per heavy atom. The average Bonchev–Trinajstić information content (AvgIpc) is 3.28. The highest BCUT2D eigenvalue weighted by Crippen LogP contribution is 2.24. The van der Waals surface area contributed by atoms with Gasteiger partial charge in [-0.15, -0.1) is 10.2 Å². The van der Waals surface area contributed by atoms with Crippen LogP contribution < -0.4 is 17.0 Å². The van der Waals surface area contributed by atoms with Crippen molar-refractivity contribution in [1.82, 2.24) is 23.9 Å². The van der Waals surface area contributed by atoms with Crippen LogP contribution in [-0.2, 0) is 29.7 Å². The van der Waals surface area contributed by atoms with E-state index in [0.717, 1.165) is 29.0 Å². The fourth-order valence-corrected chi connectivity index (χ4v) is 4.63. The lowest BCUT2D eigenvalue weighted by atomic mass is 10.2. The molecule has 0 amide bonds. The second-order valence-corrected chi connectivity index (χ2v) is 9.54. The number of carbonyl (C=O) groups excluding carboxylic acids is 2. The number of carbonyl (C=O) groups is 2. The Kier molecular flexibility index (Phi) is 8.13. The molecular weight excluding hydrogens is 532 g/mol. The number of esters is 1. The van der Waals surface area contributed by atoms with E-state index >= 15 is 0 Å². The highest BCUT2D eigenvalue weighted by atomic mass is 35.5. The molecule has 0 saturated heterocycles. The molecule has 11 nitrogen and oxygen atoms in total. The zero-order valence-electron chi connectivity index (χ0n) is 20.5. The van der Waals surface area contributed by atoms with Gasteiger partial charge in [0.2, 0.25) is 0 Å². The normalized spacial score (nSPS) is 10.9. The van der Waals surface area contributed by atoms with Crippen molar-refractivity contribution in [1.29, 1.82) is 0 Å². The summed E-state index contributed by atoms with van der Waals surface area (Å²) in [5, 5.41) is 9.33. The Bertz CT molecular complexity index is 1610. The maximum Gasteiger partial charge on any atom is 0.333 e. The van der Waals surface area contributed by atoms with Gasteiger partial charge in [0.05, 0.1) is 19.4 Å². The molecule has 0 fully saturated rings. The summed E-state index contributed by atoms with van der Waals surface area (Å²) >= 11 is 7.01. The number of Topliss-reactive ketones (excluding diaryl/α,β-unsaturated/α-hetero) is 1. The van der Waals surface area contributed by atoms with Crippen LogP contribution in [0, 0.1) is 0 Å². The Hall–Kier alpha value is -4.16. The fourth-order valence-electron chi connectivity index (χ4n) is 3.72. The number of methoxy groups -OCH3 is 1. The first-order chi connectivity index (χ1) is 18.2. The van der Waals surface area contributed by atoms with E-state index < -0.39 is 35.1 Å². The highest BCUT2D eigenvalue weighted by molar-refractivity contribution is 7.99. The van der Waals surface area contributed by atoms with Crippen LogP contribution in [0.1, 0.15) is 15.9 Å². The van der Waals surface area contributed by atoms with E-state index in [4.69, 9.17) is 17.3 Å². The number of ketones is 1. The monoisotopic (exact) mass is 554 g/mol. The standard InChI is InChI=1S/C25H23ClN6O5S/c1-30-22(16-8-10-17(26)11-9-16)28-29-24(30)38-14-18(33)20-21(27)31(12-15-6-4-3-5-7-15)25(36)32(23(20)35)13-19(34)37-2/h3-11H,12-14,27H2,1-2H3. The largest absolute Gasteiger partial charge is 0.468 e. The summed E-state index contributed by atoms with van der Waals surface area (Å²) in [5.41, 5.74) is 5.53. The van der Waals surface area contributed by atoms with Crippen molar-refractivity contribution in [2.45, 2.75) is 18.2 Å². The number of benzene rings is 2. The number of halogens is 1. The van der Waals surface area contributed by atoms with E-state index in [-0.39, 0.29) is 18.1 Å².